The zero-order chi connectivity index (χ0) is 18.9. The molecular weight excluding hydrogens is 328 g/mol. The molecule has 2 amide bonds. The summed E-state index contributed by atoms with van der Waals surface area (Å²) in [7, 11) is 0. The lowest BCUT2D eigenvalue weighted by Gasteiger charge is -2.06. The maximum atomic E-state index is 12.1. The molecule has 5 heteroatoms. The fraction of sp³-hybridized carbons (Fsp3) is 0.286. The van der Waals surface area contributed by atoms with Crippen LogP contribution < -0.4 is 10.6 Å². The second kappa shape index (κ2) is 9.51. The summed E-state index contributed by atoms with van der Waals surface area (Å²) in [6.45, 7) is 2.94. The Morgan fingerprint density at radius 2 is 1.00 bits per heavy atom. The number of nitrogens with one attached hydrogen (secondary N) is 2. The normalized spacial score (nSPS) is 10.2. The van der Waals surface area contributed by atoms with E-state index in [4.69, 9.17) is 0 Å². The van der Waals surface area contributed by atoms with Crippen LogP contribution in [-0.2, 0) is 27.2 Å². The molecule has 2 rings (SSSR count). The molecular formula is C21H24N2O3. The van der Waals surface area contributed by atoms with E-state index in [1.54, 1.807) is 0 Å². The highest BCUT2D eigenvalue weighted by Crippen LogP contribution is 2.14. The van der Waals surface area contributed by atoms with Crippen LogP contribution in [0.4, 0.5) is 11.4 Å². The van der Waals surface area contributed by atoms with Crippen molar-refractivity contribution in [3.63, 3.8) is 0 Å². The first kappa shape index (κ1) is 19.4. The molecule has 0 aliphatic carbocycles. The van der Waals surface area contributed by atoms with Gasteiger partial charge in [-0.1, -0.05) is 24.3 Å². The number of carbonyl (C=O) groups excluding carboxylic acids is 3. The van der Waals surface area contributed by atoms with Crippen LogP contribution in [0.25, 0.3) is 0 Å². The van der Waals surface area contributed by atoms with E-state index in [1.165, 1.54) is 13.8 Å². The highest BCUT2D eigenvalue weighted by Gasteiger charge is 2.05. The van der Waals surface area contributed by atoms with Crippen molar-refractivity contribution in [3.05, 3.63) is 59.7 Å². The Labute approximate surface area is 153 Å². The van der Waals surface area contributed by atoms with Crippen LogP contribution in [0.5, 0.6) is 0 Å². The minimum Gasteiger partial charge on any atom is -0.326 e. The van der Waals surface area contributed by atoms with E-state index in [0.717, 1.165) is 22.5 Å². The molecule has 0 heterocycles. The molecule has 0 fully saturated rings. The van der Waals surface area contributed by atoms with Crippen molar-refractivity contribution in [2.75, 3.05) is 10.6 Å². The molecule has 136 valence electrons. The molecule has 0 radical (unpaired) electrons. The van der Waals surface area contributed by atoms with Gasteiger partial charge in [0.2, 0.25) is 11.8 Å². The first-order chi connectivity index (χ1) is 12.4. The van der Waals surface area contributed by atoms with E-state index in [2.05, 4.69) is 10.6 Å². The number of ketones is 1. The summed E-state index contributed by atoms with van der Waals surface area (Å²) in [6.07, 6.45) is 2.40. The van der Waals surface area contributed by atoms with Crippen LogP contribution >= 0.6 is 0 Å². The molecule has 26 heavy (non-hydrogen) atoms. The number of hydrogen-bond acceptors (Lipinski definition) is 3. The molecule has 0 saturated heterocycles. The summed E-state index contributed by atoms with van der Waals surface area (Å²) in [6, 6.07) is 15.1. The average Bonchev–Trinajstić information content (AvgIpc) is 2.59. The van der Waals surface area contributed by atoms with Gasteiger partial charge in [0.1, 0.15) is 5.78 Å². The fourth-order valence-electron chi connectivity index (χ4n) is 2.61. The zero-order valence-corrected chi connectivity index (χ0v) is 15.2. The Bertz CT molecular complexity index is 699. The summed E-state index contributed by atoms with van der Waals surface area (Å²) in [5.41, 5.74) is 3.67. The minimum atomic E-state index is -0.0990. The lowest BCUT2D eigenvalue weighted by atomic mass is 10.0. The van der Waals surface area contributed by atoms with Gasteiger partial charge in [0.15, 0.2) is 0 Å². The van der Waals surface area contributed by atoms with Gasteiger partial charge in [0, 0.05) is 38.1 Å². The van der Waals surface area contributed by atoms with Gasteiger partial charge in [-0.3, -0.25) is 14.4 Å². The van der Waals surface area contributed by atoms with Crippen LogP contribution in [0, 0.1) is 0 Å². The molecule has 0 saturated carbocycles. The van der Waals surface area contributed by atoms with E-state index in [1.807, 2.05) is 48.5 Å². The van der Waals surface area contributed by atoms with Crippen molar-refractivity contribution in [2.24, 2.45) is 0 Å². The Hall–Kier alpha value is -2.95. The van der Waals surface area contributed by atoms with E-state index in [9.17, 15) is 14.4 Å². The molecule has 0 aliphatic rings. The van der Waals surface area contributed by atoms with Gasteiger partial charge in [-0.15, -0.1) is 0 Å². The first-order valence-corrected chi connectivity index (χ1v) is 8.67. The van der Waals surface area contributed by atoms with Crippen molar-refractivity contribution < 1.29 is 14.4 Å². The lowest BCUT2D eigenvalue weighted by molar-refractivity contribution is -0.119. The van der Waals surface area contributed by atoms with Crippen LogP contribution in [-0.4, -0.2) is 17.6 Å². The molecule has 0 spiro atoms. The van der Waals surface area contributed by atoms with Crippen molar-refractivity contribution in [3.8, 4) is 0 Å². The van der Waals surface area contributed by atoms with Crippen LogP contribution in [0.2, 0.25) is 0 Å². The highest BCUT2D eigenvalue weighted by atomic mass is 16.2. The number of carbonyl (C=O) groups is 3. The number of Topliss-reactive ketones (excluding diaryl/α,β-unsaturated/α-hetero) is 1. The first-order valence-electron chi connectivity index (χ1n) is 8.67. The monoisotopic (exact) mass is 352 g/mol. The standard InChI is InChI=1S/C21H24N2O3/c1-15(24)22-19-9-3-17(4-10-19)7-13-21(26)14-8-18-5-11-20(12-6-18)23-16(2)25/h3-6,9-12H,7-8,13-14H2,1-2H3,(H,22,24)(H,23,25). The van der Waals surface area contributed by atoms with Gasteiger partial charge >= 0.3 is 0 Å². The molecule has 2 aromatic rings. The molecule has 0 atom stereocenters. The molecule has 0 unspecified atom stereocenters. The van der Waals surface area contributed by atoms with Crippen LogP contribution in [0.1, 0.15) is 37.8 Å². The predicted octanol–water partition coefficient (Wildman–Crippen LogP) is 3.74. The topological polar surface area (TPSA) is 75.3 Å². The van der Waals surface area contributed by atoms with Crippen molar-refractivity contribution in [2.45, 2.75) is 39.5 Å². The van der Waals surface area contributed by atoms with Gasteiger partial charge in [-0.25, -0.2) is 0 Å². The van der Waals surface area contributed by atoms with Crippen molar-refractivity contribution in [1.29, 1.82) is 0 Å². The maximum absolute atomic E-state index is 12.1. The van der Waals surface area contributed by atoms with Gasteiger partial charge in [-0.2, -0.15) is 0 Å². The number of anilines is 2. The predicted molar refractivity (Wildman–Crippen MR) is 103 cm³/mol. The summed E-state index contributed by atoms with van der Waals surface area (Å²) in [4.78, 5) is 34.1. The largest absolute Gasteiger partial charge is 0.326 e. The zero-order valence-electron chi connectivity index (χ0n) is 15.2. The van der Waals surface area contributed by atoms with Gasteiger partial charge < -0.3 is 10.6 Å². The third-order valence-electron chi connectivity index (χ3n) is 3.93. The summed E-state index contributed by atoms with van der Waals surface area (Å²) < 4.78 is 0. The summed E-state index contributed by atoms with van der Waals surface area (Å²) in [5.74, 6) is 0.0259. The maximum Gasteiger partial charge on any atom is 0.221 e. The van der Waals surface area contributed by atoms with Crippen molar-refractivity contribution >= 4 is 29.0 Å². The van der Waals surface area contributed by atoms with Gasteiger partial charge in [-0.05, 0) is 48.2 Å². The van der Waals surface area contributed by atoms with Crippen molar-refractivity contribution in [1.82, 2.24) is 0 Å². The molecule has 2 N–H and O–H groups in total. The molecule has 2 aromatic carbocycles. The summed E-state index contributed by atoms with van der Waals surface area (Å²) >= 11 is 0. The molecule has 5 nitrogen and oxygen atoms in total. The Morgan fingerprint density at radius 3 is 1.31 bits per heavy atom. The van der Waals surface area contributed by atoms with E-state index in [-0.39, 0.29) is 17.6 Å². The Morgan fingerprint density at radius 1 is 0.654 bits per heavy atom. The lowest BCUT2D eigenvalue weighted by Crippen LogP contribution is -2.06. The number of rotatable bonds is 8. The quantitative estimate of drug-likeness (QED) is 0.760. The fourth-order valence-corrected chi connectivity index (χ4v) is 2.61. The van der Waals surface area contributed by atoms with Gasteiger partial charge in [0.25, 0.3) is 0 Å². The Balaban J connectivity index is 1.74. The molecule has 0 aliphatic heterocycles. The number of benzene rings is 2. The SMILES string of the molecule is CC(=O)Nc1ccc(CCC(=O)CCc2ccc(NC(C)=O)cc2)cc1. The third kappa shape index (κ3) is 6.89. The van der Waals surface area contributed by atoms with Gasteiger partial charge in [0.05, 0.1) is 0 Å². The number of hydrogen-bond donors (Lipinski definition) is 2. The average molecular weight is 352 g/mol. The molecule has 0 aromatic heterocycles. The molecule has 0 bridgehead atoms. The highest BCUT2D eigenvalue weighted by molar-refractivity contribution is 5.89. The smallest absolute Gasteiger partial charge is 0.221 e. The number of amides is 2. The van der Waals surface area contributed by atoms with Crippen LogP contribution in [0.3, 0.4) is 0 Å². The second-order valence-corrected chi connectivity index (χ2v) is 6.29. The minimum absolute atomic E-state index is 0.0990. The number of aryl methyl sites for hydroxylation is 2. The van der Waals surface area contributed by atoms with Crippen LogP contribution in [0.15, 0.2) is 48.5 Å². The third-order valence-corrected chi connectivity index (χ3v) is 3.93. The Kier molecular flexibility index (Phi) is 7.09. The van der Waals surface area contributed by atoms with E-state index >= 15 is 0 Å². The van der Waals surface area contributed by atoms with E-state index in [0.29, 0.717) is 25.7 Å². The van der Waals surface area contributed by atoms with E-state index < -0.39 is 0 Å². The summed E-state index contributed by atoms with van der Waals surface area (Å²) in [5, 5.41) is 5.44. The second-order valence-electron chi connectivity index (χ2n) is 6.29.